The molecule has 0 spiro atoms. The van der Waals surface area contributed by atoms with Crippen LogP contribution in [0.15, 0.2) is 119 Å². The van der Waals surface area contributed by atoms with E-state index in [2.05, 4.69) is 120 Å². The first-order valence-corrected chi connectivity index (χ1v) is 11.7. The van der Waals surface area contributed by atoms with E-state index in [4.69, 9.17) is 0 Å². The Labute approximate surface area is 185 Å². The van der Waals surface area contributed by atoms with Gasteiger partial charge in [-0.3, -0.25) is 0 Å². The first-order valence-electron chi connectivity index (χ1n) is 10.0. The van der Waals surface area contributed by atoms with E-state index in [1.807, 2.05) is 23.5 Å². The van der Waals surface area contributed by atoms with Gasteiger partial charge in [0.2, 0.25) is 0 Å². The highest BCUT2D eigenvalue weighted by molar-refractivity contribution is 8.05. The highest BCUT2D eigenvalue weighted by Crippen LogP contribution is 2.67. The van der Waals surface area contributed by atoms with Gasteiger partial charge in [-0.2, -0.15) is 0 Å². The summed E-state index contributed by atoms with van der Waals surface area (Å²) in [5.74, 6) is 0. The Bertz CT molecular complexity index is 1060. The number of thioether (sulfide) groups is 2. The summed E-state index contributed by atoms with van der Waals surface area (Å²) in [7, 11) is 0. The lowest BCUT2D eigenvalue weighted by atomic mass is 9.91. The van der Waals surface area contributed by atoms with Crippen molar-refractivity contribution in [3.63, 3.8) is 0 Å². The molecule has 2 atom stereocenters. The van der Waals surface area contributed by atoms with E-state index in [9.17, 15) is 0 Å². The highest BCUT2D eigenvalue weighted by atomic mass is 32.2. The van der Waals surface area contributed by atoms with Crippen LogP contribution >= 0.6 is 23.5 Å². The van der Waals surface area contributed by atoms with Gasteiger partial charge in [0.15, 0.2) is 9.74 Å². The molecule has 2 N–H and O–H groups in total. The van der Waals surface area contributed by atoms with Gasteiger partial charge in [-0.05, 0) is 35.4 Å². The molecular formula is C26H20N2S2. The largest absolute Gasteiger partial charge is 0.363 e. The molecule has 4 heteroatoms. The third-order valence-corrected chi connectivity index (χ3v) is 8.96. The summed E-state index contributed by atoms with van der Waals surface area (Å²) in [5, 5.41) is 7.92. The van der Waals surface area contributed by atoms with Crippen LogP contribution in [0.3, 0.4) is 0 Å². The van der Waals surface area contributed by atoms with E-state index < -0.39 is 9.74 Å². The van der Waals surface area contributed by atoms with Gasteiger partial charge in [0.25, 0.3) is 0 Å². The van der Waals surface area contributed by atoms with Gasteiger partial charge in [0.1, 0.15) is 0 Å². The number of benzene rings is 4. The van der Waals surface area contributed by atoms with Crippen LogP contribution in [0.5, 0.6) is 0 Å². The van der Waals surface area contributed by atoms with E-state index in [1.165, 1.54) is 32.3 Å². The Balaban J connectivity index is 1.63. The minimum Gasteiger partial charge on any atom is -0.363 e. The zero-order valence-electron chi connectivity index (χ0n) is 16.2. The molecule has 4 aromatic rings. The molecule has 2 aliphatic rings. The molecule has 0 amide bonds. The van der Waals surface area contributed by atoms with Crippen LogP contribution in [-0.4, -0.2) is 0 Å². The SMILES string of the molecule is c1ccc(C2(C3(c4ccccc4)Nc4ccccc4S3)Nc3ccccc3S2)cc1. The van der Waals surface area contributed by atoms with E-state index in [1.54, 1.807) is 0 Å². The third-order valence-electron chi connectivity index (χ3n) is 5.78. The van der Waals surface area contributed by atoms with Crippen LogP contribution < -0.4 is 10.6 Å². The van der Waals surface area contributed by atoms with Crippen LogP contribution in [-0.2, 0) is 9.74 Å². The smallest absolute Gasteiger partial charge is 0.151 e. The zero-order valence-corrected chi connectivity index (χ0v) is 17.8. The monoisotopic (exact) mass is 424 g/mol. The van der Waals surface area contributed by atoms with E-state index in [0.29, 0.717) is 0 Å². The number of para-hydroxylation sites is 2. The number of fused-ring (bicyclic) bond motifs is 2. The summed E-state index contributed by atoms with van der Waals surface area (Å²) < 4.78 is 0. The van der Waals surface area contributed by atoms with Gasteiger partial charge in [0.05, 0.1) is 0 Å². The number of anilines is 2. The maximum absolute atomic E-state index is 3.96. The van der Waals surface area contributed by atoms with Gasteiger partial charge in [0, 0.05) is 21.2 Å². The lowest BCUT2D eigenvalue weighted by Crippen LogP contribution is -2.51. The van der Waals surface area contributed by atoms with Crippen molar-refractivity contribution in [2.45, 2.75) is 19.5 Å². The van der Waals surface area contributed by atoms with Crippen LogP contribution in [0.1, 0.15) is 11.1 Å². The fraction of sp³-hybridized carbons (Fsp3) is 0.0769. The molecule has 6 rings (SSSR count). The molecule has 2 unspecified atom stereocenters. The Kier molecular flexibility index (Phi) is 4.12. The molecule has 0 radical (unpaired) electrons. The van der Waals surface area contributed by atoms with Gasteiger partial charge in [-0.25, -0.2) is 0 Å². The molecule has 0 aliphatic carbocycles. The average molecular weight is 425 g/mol. The highest BCUT2D eigenvalue weighted by Gasteiger charge is 2.60. The zero-order chi connectivity index (χ0) is 20.0. The molecule has 0 aromatic heterocycles. The van der Waals surface area contributed by atoms with Crippen molar-refractivity contribution in [1.82, 2.24) is 0 Å². The fourth-order valence-electron chi connectivity index (χ4n) is 4.41. The number of hydrogen-bond donors (Lipinski definition) is 2. The lowest BCUT2D eigenvalue weighted by Gasteiger charge is -2.46. The topological polar surface area (TPSA) is 24.1 Å². The van der Waals surface area contributed by atoms with Crippen molar-refractivity contribution >= 4 is 34.9 Å². The summed E-state index contributed by atoms with van der Waals surface area (Å²) in [6, 6.07) is 38.9. The van der Waals surface area contributed by atoms with Crippen molar-refractivity contribution in [2.75, 3.05) is 10.6 Å². The van der Waals surface area contributed by atoms with Crippen molar-refractivity contribution < 1.29 is 0 Å². The van der Waals surface area contributed by atoms with E-state index >= 15 is 0 Å². The average Bonchev–Trinajstić information content (AvgIpc) is 3.41. The second kappa shape index (κ2) is 6.86. The van der Waals surface area contributed by atoms with Gasteiger partial charge in [-0.1, -0.05) is 108 Å². The normalized spacial score (nSPS) is 23.9. The first-order chi connectivity index (χ1) is 14.8. The molecule has 0 saturated carbocycles. The van der Waals surface area contributed by atoms with E-state index in [0.717, 1.165) is 0 Å². The summed E-state index contributed by atoms with van der Waals surface area (Å²) in [6.07, 6.45) is 0. The summed E-state index contributed by atoms with van der Waals surface area (Å²) in [5.41, 5.74) is 4.87. The minimum atomic E-state index is -0.428. The molecule has 4 aromatic carbocycles. The summed E-state index contributed by atoms with van der Waals surface area (Å²) in [4.78, 5) is 1.69. The van der Waals surface area contributed by atoms with Crippen LogP contribution in [0.2, 0.25) is 0 Å². The molecule has 0 saturated heterocycles. The van der Waals surface area contributed by atoms with Crippen molar-refractivity contribution in [3.8, 4) is 0 Å². The van der Waals surface area contributed by atoms with Gasteiger partial charge < -0.3 is 10.6 Å². The lowest BCUT2D eigenvalue weighted by molar-refractivity contribution is 0.555. The molecule has 2 aliphatic heterocycles. The number of nitrogens with one attached hydrogen (secondary N) is 2. The Morgan fingerprint density at radius 2 is 0.800 bits per heavy atom. The van der Waals surface area contributed by atoms with Crippen LogP contribution in [0.25, 0.3) is 0 Å². The standard InChI is InChI=1S/C26H20N2S2/c1-3-11-19(12-4-1)25(27-21-15-7-9-17-23(21)29-25)26(20-13-5-2-6-14-20)28-22-16-8-10-18-24(22)30-26/h1-18,27-28H. The quantitative estimate of drug-likeness (QED) is 0.365. The molecule has 0 bridgehead atoms. The predicted molar refractivity (Wildman–Crippen MR) is 128 cm³/mol. The third kappa shape index (κ3) is 2.54. The Morgan fingerprint density at radius 1 is 0.433 bits per heavy atom. The Morgan fingerprint density at radius 3 is 1.20 bits per heavy atom. The maximum Gasteiger partial charge on any atom is 0.151 e. The molecule has 30 heavy (non-hydrogen) atoms. The molecule has 2 nitrogen and oxygen atoms in total. The van der Waals surface area contributed by atoms with Crippen molar-refractivity contribution in [2.24, 2.45) is 0 Å². The first kappa shape index (κ1) is 18.0. The minimum absolute atomic E-state index is 0.428. The second-order valence-corrected chi connectivity index (χ2v) is 10.1. The van der Waals surface area contributed by atoms with Gasteiger partial charge >= 0.3 is 0 Å². The number of rotatable bonds is 3. The molecule has 146 valence electrons. The Hall–Kier alpha value is -2.82. The predicted octanol–water partition coefficient (Wildman–Crippen LogP) is 7.13. The molecular weight excluding hydrogens is 404 g/mol. The maximum atomic E-state index is 3.96. The number of hydrogen-bond acceptors (Lipinski definition) is 4. The van der Waals surface area contributed by atoms with Crippen LogP contribution in [0.4, 0.5) is 11.4 Å². The van der Waals surface area contributed by atoms with Crippen molar-refractivity contribution in [3.05, 3.63) is 120 Å². The summed E-state index contributed by atoms with van der Waals surface area (Å²) in [6.45, 7) is 0. The summed E-state index contributed by atoms with van der Waals surface area (Å²) >= 11 is 3.81. The van der Waals surface area contributed by atoms with Crippen LogP contribution in [0, 0.1) is 0 Å². The van der Waals surface area contributed by atoms with E-state index in [-0.39, 0.29) is 0 Å². The molecule has 0 fully saturated rings. The van der Waals surface area contributed by atoms with Gasteiger partial charge in [-0.15, -0.1) is 0 Å². The fourth-order valence-corrected chi connectivity index (χ4v) is 7.53. The van der Waals surface area contributed by atoms with Crippen molar-refractivity contribution in [1.29, 1.82) is 0 Å². The molecule has 2 heterocycles. The second-order valence-electron chi connectivity index (χ2n) is 7.54.